The van der Waals surface area contributed by atoms with Gasteiger partial charge >= 0.3 is 17.9 Å². The molecule has 3 rings (SSSR count). The van der Waals surface area contributed by atoms with Gasteiger partial charge in [0.2, 0.25) is 0 Å². The van der Waals surface area contributed by atoms with Gasteiger partial charge in [-0.1, -0.05) is 31.9 Å². The van der Waals surface area contributed by atoms with Crippen LogP contribution in [0, 0.1) is 11.8 Å². The van der Waals surface area contributed by atoms with Gasteiger partial charge in [-0.05, 0) is 6.08 Å². The smallest absolute Gasteiger partial charge is 0.328 e. The SMILES string of the molecule is COC(=O)[C@H]1[C@@H]2OC(=O)[C@@](Br)(C=C2Br)[C@@H]1C(=O)OC. The van der Waals surface area contributed by atoms with Crippen molar-refractivity contribution in [1.82, 2.24) is 0 Å². The van der Waals surface area contributed by atoms with Gasteiger partial charge in [0.15, 0.2) is 4.32 Å². The maximum atomic E-state index is 11.9. The Morgan fingerprint density at radius 2 is 1.89 bits per heavy atom. The molecule has 19 heavy (non-hydrogen) atoms. The number of alkyl halides is 1. The topological polar surface area (TPSA) is 78.9 Å². The Morgan fingerprint density at radius 1 is 1.32 bits per heavy atom. The van der Waals surface area contributed by atoms with E-state index >= 15 is 0 Å². The zero-order valence-electron chi connectivity index (χ0n) is 10.0. The zero-order valence-corrected chi connectivity index (χ0v) is 13.2. The lowest BCUT2D eigenvalue weighted by molar-refractivity contribution is -0.182. The maximum Gasteiger partial charge on any atom is 0.328 e. The Hall–Kier alpha value is -0.890. The first-order chi connectivity index (χ1) is 8.86. The van der Waals surface area contributed by atoms with Crippen molar-refractivity contribution in [2.24, 2.45) is 11.8 Å². The highest BCUT2D eigenvalue weighted by Gasteiger charge is 2.65. The van der Waals surface area contributed by atoms with Crippen LogP contribution in [0.4, 0.5) is 0 Å². The van der Waals surface area contributed by atoms with Gasteiger partial charge in [-0.25, -0.2) is 0 Å². The molecule has 6 nitrogen and oxygen atoms in total. The largest absolute Gasteiger partial charge is 0.469 e. The Morgan fingerprint density at radius 3 is 2.42 bits per heavy atom. The molecule has 8 heteroatoms. The minimum Gasteiger partial charge on any atom is -0.469 e. The third-order valence-electron chi connectivity index (χ3n) is 3.23. The first kappa shape index (κ1) is 14.5. The van der Waals surface area contributed by atoms with Crippen LogP contribution in [0.5, 0.6) is 0 Å². The normalized spacial score (nSPS) is 36.3. The Bertz CT molecular complexity index is 488. The number of carbonyl (C=O) groups excluding carboxylic acids is 3. The van der Waals surface area contributed by atoms with Gasteiger partial charge in [0, 0.05) is 4.48 Å². The van der Waals surface area contributed by atoms with Crippen molar-refractivity contribution in [1.29, 1.82) is 0 Å². The Labute approximate surface area is 125 Å². The van der Waals surface area contributed by atoms with Gasteiger partial charge in [-0.3, -0.25) is 14.4 Å². The minimum absolute atomic E-state index is 0.513. The molecule has 0 amide bonds. The second kappa shape index (κ2) is 4.90. The highest BCUT2D eigenvalue weighted by molar-refractivity contribution is 9.12. The van der Waals surface area contributed by atoms with E-state index in [-0.39, 0.29) is 0 Å². The van der Waals surface area contributed by atoms with Crippen molar-refractivity contribution in [3.05, 3.63) is 10.6 Å². The van der Waals surface area contributed by atoms with Crippen LogP contribution in [0.2, 0.25) is 0 Å². The van der Waals surface area contributed by atoms with E-state index in [2.05, 4.69) is 41.3 Å². The molecular formula is C11H10Br2O6. The van der Waals surface area contributed by atoms with Gasteiger partial charge in [0.1, 0.15) is 17.9 Å². The molecule has 1 saturated heterocycles. The van der Waals surface area contributed by atoms with Gasteiger partial charge < -0.3 is 14.2 Å². The monoisotopic (exact) mass is 396 g/mol. The van der Waals surface area contributed by atoms with E-state index < -0.39 is 40.2 Å². The highest BCUT2D eigenvalue weighted by atomic mass is 79.9. The van der Waals surface area contributed by atoms with Crippen LogP contribution in [-0.4, -0.2) is 42.6 Å². The lowest BCUT2D eigenvalue weighted by Gasteiger charge is -2.46. The van der Waals surface area contributed by atoms with Gasteiger partial charge in [0.25, 0.3) is 0 Å². The fourth-order valence-electron chi connectivity index (χ4n) is 2.34. The summed E-state index contributed by atoms with van der Waals surface area (Å²) in [6, 6.07) is 0. The number of ether oxygens (including phenoxy) is 3. The van der Waals surface area contributed by atoms with Crippen LogP contribution in [-0.2, 0) is 28.6 Å². The molecule has 0 aromatic carbocycles. The Kier molecular flexibility index (Phi) is 3.74. The molecule has 1 fully saturated rings. The summed E-state index contributed by atoms with van der Waals surface area (Å²) < 4.78 is 13.6. The second-order valence-electron chi connectivity index (χ2n) is 4.17. The van der Waals surface area contributed by atoms with Crippen molar-refractivity contribution in [2.75, 3.05) is 14.2 Å². The number of hydrogen-bond donors (Lipinski definition) is 0. The summed E-state index contributed by atoms with van der Waals surface area (Å²) in [5.74, 6) is -3.92. The van der Waals surface area contributed by atoms with Crippen LogP contribution >= 0.6 is 31.9 Å². The molecule has 2 aliphatic heterocycles. The lowest BCUT2D eigenvalue weighted by atomic mass is 9.71. The number of rotatable bonds is 2. The molecule has 3 aliphatic rings. The molecule has 0 saturated carbocycles. The van der Waals surface area contributed by atoms with E-state index in [0.29, 0.717) is 4.48 Å². The number of halogens is 2. The molecule has 4 atom stereocenters. The van der Waals surface area contributed by atoms with Gasteiger partial charge in [-0.2, -0.15) is 0 Å². The van der Waals surface area contributed by atoms with Crippen molar-refractivity contribution < 1.29 is 28.6 Å². The van der Waals surface area contributed by atoms with Crippen LogP contribution in [0.15, 0.2) is 10.6 Å². The predicted molar refractivity (Wildman–Crippen MR) is 69.6 cm³/mol. The minimum atomic E-state index is -1.42. The fraction of sp³-hybridized carbons (Fsp3) is 0.545. The molecule has 0 unspecified atom stereocenters. The summed E-state index contributed by atoms with van der Waals surface area (Å²) in [4.78, 5) is 35.7. The standard InChI is InChI=1S/C11H10Br2O6/c1-17-8(14)5-6(9(15)18-2)11(13)3-4(12)7(5)19-10(11)16/h3,5-7H,1-2H3/t5-,6+,7-,11-/m1/s1. The second-order valence-corrected chi connectivity index (χ2v) is 6.40. The van der Waals surface area contributed by atoms with E-state index in [1.807, 2.05) is 0 Å². The summed E-state index contributed by atoms with van der Waals surface area (Å²) in [5, 5.41) is 0. The number of esters is 3. The molecule has 2 heterocycles. The van der Waals surface area contributed by atoms with E-state index in [9.17, 15) is 14.4 Å². The summed E-state index contributed by atoms with van der Waals surface area (Å²) in [6.07, 6.45) is 0.647. The lowest BCUT2D eigenvalue weighted by Crippen LogP contribution is -2.62. The molecular weight excluding hydrogens is 388 g/mol. The van der Waals surface area contributed by atoms with Gasteiger partial charge in [-0.15, -0.1) is 0 Å². The van der Waals surface area contributed by atoms with Crippen molar-refractivity contribution in [3.8, 4) is 0 Å². The van der Waals surface area contributed by atoms with Crippen molar-refractivity contribution >= 4 is 49.8 Å². The van der Waals surface area contributed by atoms with Crippen LogP contribution in [0.3, 0.4) is 0 Å². The first-order valence-electron chi connectivity index (χ1n) is 5.30. The zero-order chi connectivity index (χ0) is 14.4. The Balaban J connectivity index is 2.56. The molecule has 2 bridgehead atoms. The number of hydrogen-bond acceptors (Lipinski definition) is 6. The number of carbonyl (C=O) groups is 3. The van der Waals surface area contributed by atoms with Crippen LogP contribution < -0.4 is 0 Å². The molecule has 0 aromatic rings. The molecule has 0 aromatic heterocycles. The molecule has 104 valence electrons. The summed E-state index contributed by atoms with van der Waals surface area (Å²) in [5.41, 5.74) is 0. The van der Waals surface area contributed by atoms with E-state index in [1.165, 1.54) is 20.3 Å². The van der Waals surface area contributed by atoms with E-state index in [0.717, 1.165) is 0 Å². The van der Waals surface area contributed by atoms with Crippen molar-refractivity contribution in [2.45, 2.75) is 10.4 Å². The van der Waals surface area contributed by atoms with Crippen LogP contribution in [0.1, 0.15) is 0 Å². The predicted octanol–water partition coefficient (Wildman–Crippen LogP) is 0.916. The fourth-order valence-corrected chi connectivity index (χ4v) is 4.20. The maximum absolute atomic E-state index is 11.9. The van der Waals surface area contributed by atoms with E-state index in [1.54, 1.807) is 0 Å². The molecule has 0 spiro atoms. The number of methoxy groups -OCH3 is 2. The highest BCUT2D eigenvalue weighted by Crippen LogP contribution is 2.51. The number of fused-ring (bicyclic) bond motifs is 2. The first-order valence-corrected chi connectivity index (χ1v) is 6.89. The van der Waals surface area contributed by atoms with Crippen molar-refractivity contribution in [3.63, 3.8) is 0 Å². The van der Waals surface area contributed by atoms with E-state index in [4.69, 9.17) is 4.74 Å². The summed E-state index contributed by atoms with van der Waals surface area (Å²) in [7, 11) is 2.40. The molecule has 0 radical (unpaired) electrons. The van der Waals surface area contributed by atoms with Gasteiger partial charge in [0.05, 0.1) is 14.2 Å². The average Bonchev–Trinajstić information content (AvgIpc) is 2.38. The third kappa shape index (κ3) is 2.01. The summed E-state index contributed by atoms with van der Waals surface area (Å²) in [6.45, 7) is 0. The quantitative estimate of drug-likeness (QED) is 0.391. The summed E-state index contributed by atoms with van der Waals surface area (Å²) >= 11 is 6.43. The third-order valence-corrected chi connectivity index (χ3v) is 4.96. The average molecular weight is 398 g/mol. The van der Waals surface area contributed by atoms with Crippen LogP contribution in [0.25, 0.3) is 0 Å². The molecule has 1 aliphatic carbocycles. The molecule has 0 N–H and O–H groups in total.